The van der Waals surface area contributed by atoms with Crippen molar-refractivity contribution >= 4 is 40.9 Å². The van der Waals surface area contributed by atoms with Crippen molar-refractivity contribution in [3.63, 3.8) is 0 Å². The van der Waals surface area contributed by atoms with Crippen molar-refractivity contribution in [1.82, 2.24) is 5.32 Å². The Labute approximate surface area is 150 Å². The predicted molar refractivity (Wildman–Crippen MR) is 100 cm³/mol. The van der Waals surface area contributed by atoms with Gasteiger partial charge in [0, 0.05) is 5.56 Å². The lowest BCUT2D eigenvalue weighted by Gasteiger charge is -2.28. The summed E-state index contributed by atoms with van der Waals surface area (Å²) in [7, 11) is 0. The van der Waals surface area contributed by atoms with Crippen molar-refractivity contribution in [2.75, 3.05) is 11.5 Å². The van der Waals surface area contributed by atoms with Crippen LogP contribution in [-0.2, 0) is 9.59 Å². The molecule has 2 amide bonds. The zero-order valence-electron chi connectivity index (χ0n) is 13.6. The maximum Gasteiger partial charge on any atom is 0.270 e. The zero-order chi connectivity index (χ0) is 17.8. The van der Waals surface area contributed by atoms with Crippen molar-refractivity contribution in [3.8, 4) is 5.75 Å². The van der Waals surface area contributed by atoms with Crippen LogP contribution in [-0.4, -0.2) is 23.5 Å². The summed E-state index contributed by atoms with van der Waals surface area (Å²) in [6, 6.07) is 16.2. The molecule has 0 bridgehead atoms. The lowest BCUT2D eigenvalue weighted by atomic mass is 10.1. The van der Waals surface area contributed by atoms with Crippen LogP contribution >= 0.6 is 12.2 Å². The van der Waals surface area contributed by atoms with E-state index in [0.29, 0.717) is 23.6 Å². The number of benzene rings is 2. The lowest BCUT2D eigenvalue weighted by Crippen LogP contribution is -2.54. The summed E-state index contributed by atoms with van der Waals surface area (Å²) in [5, 5.41) is 2.63. The molecule has 1 N–H and O–H groups in total. The van der Waals surface area contributed by atoms with Gasteiger partial charge in [0.25, 0.3) is 11.8 Å². The van der Waals surface area contributed by atoms with Crippen LogP contribution < -0.4 is 15.0 Å². The first kappa shape index (κ1) is 16.9. The van der Waals surface area contributed by atoms with E-state index < -0.39 is 11.8 Å². The van der Waals surface area contributed by atoms with Gasteiger partial charge in [-0.1, -0.05) is 36.4 Å². The van der Waals surface area contributed by atoms with Crippen LogP contribution in [0.4, 0.5) is 5.69 Å². The molecule has 3 rings (SSSR count). The molecule has 2 aromatic rings. The van der Waals surface area contributed by atoms with E-state index >= 15 is 0 Å². The third-order valence-corrected chi connectivity index (χ3v) is 3.92. The Morgan fingerprint density at radius 3 is 2.48 bits per heavy atom. The molecule has 1 heterocycles. The van der Waals surface area contributed by atoms with Gasteiger partial charge in [-0.15, -0.1) is 0 Å². The van der Waals surface area contributed by atoms with E-state index in [4.69, 9.17) is 17.0 Å². The number of hydrogen-bond acceptors (Lipinski definition) is 4. The summed E-state index contributed by atoms with van der Waals surface area (Å²) in [4.78, 5) is 26.5. The molecule has 0 radical (unpaired) electrons. The summed E-state index contributed by atoms with van der Waals surface area (Å²) < 4.78 is 5.55. The van der Waals surface area contributed by atoms with Gasteiger partial charge in [-0.2, -0.15) is 0 Å². The molecule has 0 spiro atoms. The van der Waals surface area contributed by atoms with E-state index in [1.807, 2.05) is 25.1 Å². The lowest BCUT2D eigenvalue weighted by molar-refractivity contribution is -0.122. The molecule has 1 saturated heterocycles. The van der Waals surface area contributed by atoms with Crippen molar-refractivity contribution in [2.45, 2.75) is 6.92 Å². The monoisotopic (exact) mass is 352 g/mol. The highest BCUT2D eigenvalue weighted by atomic mass is 32.1. The number of thiocarbonyl (C=S) groups is 1. The fourth-order valence-electron chi connectivity index (χ4n) is 2.51. The molecule has 1 aliphatic heterocycles. The van der Waals surface area contributed by atoms with Crippen LogP contribution in [0.5, 0.6) is 5.75 Å². The standard InChI is InChI=1S/C19H16N2O3S/c1-2-24-16-11-7-6-8-13(16)12-15-17(22)20-19(25)21(18(15)23)14-9-4-3-5-10-14/h3-12H,2H2,1H3,(H,20,22,25)/b15-12+. The first-order chi connectivity index (χ1) is 12.1. The number of anilines is 1. The van der Waals surface area contributed by atoms with E-state index in [1.54, 1.807) is 36.4 Å². The van der Waals surface area contributed by atoms with Crippen molar-refractivity contribution in [3.05, 3.63) is 65.7 Å². The second-order valence-electron chi connectivity index (χ2n) is 5.26. The smallest absolute Gasteiger partial charge is 0.270 e. The number of hydrogen-bond donors (Lipinski definition) is 1. The Morgan fingerprint density at radius 2 is 1.76 bits per heavy atom. The Balaban J connectivity index is 2.02. The number of carbonyl (C=O) groups is 2. The third-order valence-electron chi connectivity index (χ3n) is 3.63. The fraction of sp³-hybridized carbons (Fsp3) is 0.105. The van der Waals surface area contributed by atoms with E-state index in [1.165, 1.54) is 11.0 Å². The maximum atomic E-state index is 12.9. The van der Waals surface area contributed by atoms with Crippen molar-refractivity contribution < 1.29 is 14.3 Å². The zero-order valence-corrected chi connectivity index (χ0v) is 14.4. The van der Waals surface area contributed by atoms with Gasteiger partial charge < -0.3 is 4.74 Å². The van der Waals surface area contributed by atoms with Gasteiger partial charge in [-0.3, -0.25) is 19.8 Å². The molecule has 0 saturated carbocycles. The highest BCUT2D eigenvalue weighted by molar-refractivity contribution is 7.80. The first-order valence-electron chi connectivity index (χ1n) is 7.80. The average Bonchev–Trinajstić information content (AvgIpc) is 2.61. The van der Waals surface area contributed by atoms with Crippen LogP contribution in [0.3, 0.4) is 0 Å². The topological polar surface area (TPSA) is 58.6 Å². The Bertz CT molecular complexity index is 862. The van der Waals surface area contributed by atoms with Gasteiger partial charge in [0.1, 0.15) is 11.3 Å². The predicted octanol–water partition coefficient (Wildman–Crippen LogP) is 2.92. The minimum Gasteiger partial charge on any atom is -0.493 e. The summed E-state index contributed by atoms with van der Waals surface area (Å²) in [6.07, 6.45) is 1.53. The minimum absolute atomic E-state index is 0.00426. The summed E-state index contributed by atoms with van der Waals surface area (Å²) in [5.41, 5.74) is 1.26. The Morgan fingerprint density at radius 1 is 1.08 bits per heavy atom. The van der Waals surface area contributed by atoms with Crippen molar-refractivity contribution in [1.29, 1.82) is 0 Å². The average molecular weight is 352 g/mol. The van der Waals surface area contributed by atoms with Gasteiger partial charge >= 0.3 is 0 Å². The third kappa shape index (κ3) is 3.44. The number of rotatable bonds is 4. The van der Waals surface area contributed by atoms with E-state index in [9.17, 15) is 9.59 Å². The molecule has 0 aromatic heterocycles. The molecular formula is C19H16N2O3S. The molecule has 0 aliphatic carbocycles. The highest BCUT2D eigenvalue weighted by Gasteiger charge is 2.34. The molecule has 126 valence electrons. The number of nitrogens with zero attached hydrogens (tertiary/aromatic N) is 1. The first-order valence-corrected chi connectivity index (χ1v) is 8.21. The summed E-state index contributed by atoms with van der Waals surface area (Å²) in [5.74, 6) is -0.378. The summed E-state index contributed by atoms with van der Waals surface area (Å²) in [6.45, 7) is 2.36. The highest BCUT2D eigenvalue weighted by Crippen LogP contribution is 2.25. The van der Waals surface area contributed by atoms with E-state index in [2.05, 4.69) is 5.32 Å². The molecule has 6 heteroatoms. The van der Waals surface area contributed by atoms with Crippen molar-refractivity contribution in [2.24, 2.45) is 0 Å². The second kappa shape index (κ2) is 7.27. The van der Waals surface area contributed by atoms with E-state index in [-0.39, 0.29) is 10.7 Å². The van der Waals surface area contributed by atoms with Gasteiger partial charge in [-0.25, -0.2) is 0 Å². The van der Waals surface area contributed by atoms with Crippen LogP contribution in [0.1, 0.15) is 12.5 Å². The largest absolute Gasteiger partial charge is 0.493 e. The van der Waals surface area contributed by atoms with Crippen LogP contribution in [0.15, 0.2) is 60.2 Å². The quantitative estimate of drug-likeness (QED) is 0.522. The molecule has 1 fully saturated rings. The van der Waals surface area contributed by atoms with Crippen LogP contribution in [0.25, 0.3) is 6.08 Å². The van der Waals surface area contributed by atoms with Gasteiger partial charge in [0.05, 0.1) is 12.3 Å². The molecule has 25 heavy (non-hydrogen) atoms. The van der Waals surface area contributed by atoms with Crippen LogP contribution in [0.2, 0.25) is 0 Å². The fourth-order valence-corrected chi connectivity index (χ4v) is 2.79. The second-order valence-corrected chi connectivity index (χ2v) is 5.65. The number of nitrogens with one attached hydrogen (secondary N) is 1. The van der Waals surface area contributed by atoms with Gasteiger partial charge in [-0.05, 0) is 43.4 Å². The molecule has 0 unspecified atom stereocenters. The SMILES string of the molecule is CCOc1ccccc1/C=C1\C(=O)NC(=S)N(c2ccccc2)C1=O. The summed E-state index contributed by atoms with van der Waals surface area (Å²) >= 11 is 5.17. The Kier molecular flexibility index (Phi) is 4.90. The normalized spacial score (nSPS) is 16.1. The number of ether oxygens (including phenoxy) is 1. The number of para-hydroxylation sites is 2. The van der Waals surface area contributed by atoms with E-state index in [0.717, 1.165) is 0 Å². The van der Waals surface area contributed by atoms with Gasteiger partial charge in [0.2, 0.25) is 0 Å². The van der Waals surface area contributed by atoms with Crippen LogP contribution in [0, 0.1) is 0 Å². The maximum absolute atomic E-state index is 12.9. The van der Waals surface area contributed by atoms with Gasteiger partial charge in [0.15, 0.2) is 5.11 Å². The molecular weight excluding hydrogens is 336 g/mol. The number of amides is 2. The number of carbonyl (C=O) groups excluding carboxylic acids is 2. The minimum atomic E-state index is -0.520. The molecule has 1 aliphatic rings. The molecule has 0 atom stereocenters. The molecule has 5 nitrogen and oxygen atoms in total. The Hall–Kier alpha value is -2.99. The molecule has 2 aromatic carbocycles.